The second-order valence-corrected chi connectivity index (χ2v) is 7.42. The van der Waals surface area contributed by atoms with Gasteiger partial charge in [0.05, 0.1) is 11.4 Å². The van der Waals surface area contributed by atoms with Crippen LogP contribution in [-0.2, 0) is 19.1 Å². The number of hydrogen-bond donors (Lipinski definition) is 1. The summed E-state index contributed by atoms with van der Waals surface area (Å²) in [6.07, 6.45) is 8.75. The van der Waals surface area contributed by atoms with E-state index in [9.17, 15) is 14.4 Å². The topological polar surface area (TPSA) is 75.7 Å². The van der Waals surface area contributed by atoms with Crippen molar-refractivity contribution in [3.05, 3.63) is 24.3 Å². The smallest absolute Gasteiger partial charge is 0.306 e. The molecule has 1 aromatic rings. The summed E-state index contributed by atoms with van der Waals surface area (Å²) < 4.78 is 5.12. The van der Waals surface area contributed by atoms with Crippen LogP contribution in [0.25, 0.3) is 0 Å². The third kappa shape index (κ3) is 5.55. The highest BCUT2D eigenvalue weighted by Crippen LogP contribution is 2.29. The Balaban J connectivity index is 1.45. The molecule has 1 aromatic carbocycles. The largest absolute Gasteiger partial charge is 0.456 e. The van der Waals surface area contributed by atoms with Gasteiger partial charge in [-0.15, -0.1) is 0 Å². The van der Waals surface area contributed by atoms with Crippen LogP contribution in [0.1, 0.15) is 57.8 Å². The molecule has 3 rings (SSSR count). The van der Waals surface area contributed by atoms with Crippen molar-refractivity contribution < 1.29 is 19.1 Å². The van der Waals surface area contributed by atoms with Crippen molar-refractivity contribution in [2.24, 2.45) is 5.92 Å². The first kappa shape index (κ1) is 19.4. The number of carbonyl (C=O) groups is 3. The summed E-state index contributed by atoms with van der Waals surface area (Å²) in [7, 11) is 0. The van der Waals surface area contributed by atoms with Crippen LogP contribution in [0.3, 0.4) is 0 Å². The molecule has 1 heterocycles. The quantitative estimate of drug-likeness (QED) is 0.741. The third-order valence-corrected chi connectivity index (χ3v) is 5.39. The van der Waals surface area contributed by atoms with Gasteiger partial charge in [0, 0.05) is 19.4 Å². The number of anilines is 2. The monoisotopic (exact) mass is 372 g/mol. The lowest BCUT2D eigenvalue weighted by molar-refractivity contribution is -0.147. The minimum atomic E-state index is -0.389. The van der Waals surface area contributed by atoms with Crippen LogP contribution < -0.4 is 10.2 Å². The molecule has 0 atom stereocenters. The van der Waals surface area contributed by atoms with Gasteiger partial charge in [-0.05, 0) is 30.9 Å². The van der Waals surface area contributed by atoms with E-state index in [0.717, 1.165) is 12.8 Å². The molecule has 6 heteroatoms. The Labute approximate surface area is 160 Å². The lowest BCUT2D eigenvalue weighted by atomic mass is 9.86. The first-order valence-electron chi connectivity index (χ1n) is 9.98. The molecule has 1 aliphatic carbocycles. The van der Waals surface area contributed by atoms with Crippen molar-refractivity contribution in [1.82, 2.24) is 0 Å². The fourth-order valence-corrected chi connectivity index (χ4v) is 3.92. The Morgan fingerprint density at radius 1 is 1.11 bits per heavy atom. The van der Waals surface area contributed by atoms with Crippen LogP contribution in [-0.4, -0.2) is 30.9 Å². The molecule has 6 nitrogen and oxygen atoms in total. The van der Waals surface area contributed by atoms with E-state index < -0.39 is 0 Å². The molecule has 0 aromatic heterocycles. The van der Waals surface area contributed by atoms with Crippen LogP contribution >= 0.6 is 0 Å². The van der Waals surface area contributed by atoms with E-state index >= 15 is 0 Å². The molecule has 27 heavy (non-hydrogen) atoms. The van der Waals surface area contributed by atoms with E-state index in [1.165, 1.54) is 32.1 Å². The van der Waals surface area contributed by atoms with E-state index in [-0.39, 0.29) is 24.4 Å². The Hall–Kier alpha value is -2.37. The number of rotatable bonds is 7. The number of esters is 1. The molecule has 2 aliphatic rings. The number of nitrogens with zero attached hydrogens (tertiary/aromatic N) is 1. The van der Waals surface area contributed by atoms with Crippen molar-refractivity contribution in [3.63, 3.8) is 0 Å². The van der Waals surface area contributed by atoms with E-state index in [0.29, 0.717) is 36.7 Å². The van der Waals surface area contributed by atoms with Crippen LogP contribution in [0.15, 0.2) is 24.3 Å². The highest BCUT2D eigenvalue weighted by atomic mass is 16.5. The maximum absolute atomic E-state index is 12.2. The molecule has 0 unspecified atom stereocenters. The molecule has 2 fully saturated rings. The Morgan fingerprint density at radius 3 is 2.63 bits per heavy atom. The number of nitrogens with one attached hydrogen (secondary N) is 1. The maximum Gasteiger partial charge on any atom is 0.306 e. The predicted octanol–water partition coefficient (Wildman–Crippen LogP) is 3.66. The van der Waals surface area contributed by atoms with E-state index in [1.54, 1.807) is 17.0 Å². The summed E-state index contributed by atoms with van der Waals surface area (Å²) in [4.78, 5) is 37.7. The van der Waals surface area contributed by atoms with Gasteiger partial charge in [-0.2, -0.15) is 0 Å². The van der Waals surface area contributed by atoms with Gasteiger partial charge in [-0.25, -0.2) is 0 Å². The zero-order chi connectivity index (χ0) is 19.1. The molecule has 1 saturated carbocycles. The van der Waals surface area contributed by atoms with Crippen molar-refractivity contribution >= 4 is 29.2 Å². The summed E-state index contributed by atoms with van der Waals surface area (Å²) in [5, 5.41) is 2.76. The zero-order valence-corrected chi connectivity index (χ0v) is 15.7. The SMILES string of the molecule is O=C(COC(=O)CCC1CCCCC1)Nc1ccccc1N1CCCC1=O. The summed E-state index contributed by atoms with van der Waals surface area (Å²) in [6, 6.07) is 7.20. The van der Waals surface area contributed by atoms with Crippen molar-refractivity contribution in [2.75, 3.05) is 23.4 Å². The standard InChI is InChI=1S/C21H28N2O4/c24-19(15-27-21(26)13-12-16-7-2-1-3-8-16)22-17-9-4-5-10-18(17)23-14-6-11-20(23)25/h4-5,9-10,16H,1-3,6-8,11-15H2,(H,22,24). The van der Waals surface area contributed by atoms with E-state index in [4.69, 9.17) is 4.74 Å². The highest BCUT2D eigenvalue weighted by Gasteiger charge is 2.24. The average Bonchev–Trinajstić information content (AvgIpc) is 3.12. The van der Waals surface area contributed by atoms with Gasteiger partial charge in [0.2, 0.25) is 5.91 Å². The first-order valence-corrected chi connectivity index (χ1v) is 9.98. The Kier molecular flexibility index (Phi) is 6.85. The minimum Gasteiger partial charge on any atom is -0.456 e. The number of amides is 2. The first-order chi connectivity index (χ1) is 13.1. The van der Waals surface area contributed by atoms with Crippen LogP contribution in [0.5, 0.6) is 0 Å². The second kappa shape index (κ2) is 9.53. The van der Waals surface area contributed by atoms with Gasteiger partial charge in [0.15, 0.2) is 6.61 Å². The number of benzene rings is 1. The summed E-state index contributed by atoms with van der Waals surface area (Å²) in [6.45, 7) is 0.355. The molecule has 1 saturated heterocycles. The Bertz CT molecular complexity index is 683. The van der Waals surface area contributed by atoms with Crippen LogP contribution in [0, 0.1) is 5.92 Å². The van der Waals surface area contributed by atoms with Crippen molar-refractivity contribution in [2.45, 2.75) is 57.8 Å². The van der Waals surface area contributed by atoms with Crippen molar-refractivity contribution in [1.29, 1.82) is 0 Å². The van der Waals surface area contributed by atoms with Gasteiger partial charge in [-0.1, -0.05) is 44.2 Å². The minimum absolute atomic E-state index is 0.0610. The summed E-state index contributed by atoms with van der Waals surface area (Å²) >= 11 is 0. The molecular formula is C21H28N2O4. The molecule has 0 bridgehead atoms. The molecule has 1 N–H and O–H groups in total. The van der Waals surface area contributed by atoms with Gasteiger partial charge < -0.3 is 15.0 Å². The lowest BCUT2D eigenvalue weighted by Crippen LogP contribution is -2.27. The van der Waals surface area contributed by atoms with E-state index in [1.807, 2.05) is 12.1 Å². The molecule has 2 amide bonds. The average molecular weight is 372 g/mol. The summed E-state index contributed by atoms with van der Waals surface area (Å²) in [5.41, 5.74) is 1.26. The highest BCUT2D eigenvalue weighted by molar-refractivity contribution is 6.02. The van der Waals surface area contributed by atoms with Crippen molar-refractivity contribution in [3.8, 4) is 0 Å². The maximum atomic E-state index is 12.2. The Morgan fingerprint density at radius 2 is 1.89 bits per heavy atom. The van der Waals surface area contributed by atoms with Gasteiger partial charge in [-0.3, -0.25) is 14.4 Å². The predicted molar refractivity (Wildman–Crippen MR) is 103 cm³/mol. The third-order valence-electron chi connectivity index (χ3n) is 5.39. The number of hydrogen-bond acceptors (Lipinski definition) is 4. The van der Waals surface area contributed by atoms with Gasteiger partial charge in [0.1, 0.15) is 0 Å². The fraction of sp³-hybridized carbons (Fsp3) is 0.571. The molecule has 0 spiro atoms. The lowest BCUT2D eigenvalue weighted by Gasteiger charge is -2.21. The second-order valence-electron chi connectivity index (χ2n) is 7.42. The van der Waals surface area contributed by atoms with Gasteiger partial charge in [0.25, 0.3) is 5.91 Å². The van der Waals surface area contributed by atoms with Crippen LogP contribution in [0.4, 0.5) is 11.4 Å². The molecular weight excluding hydrogens is 344 g/mol. The fourth-order valence-electron chi connectivity index (χ4n) is 3.92. The number of para-hydroxylation sites is 2. The number of carbonyl (C=O) groups excluding carboxylic acids is 3. The summed E-state index contributed by atoms with van der Waals surface area (Å²) in [5.74, 6) is -0.0327. The molecule has 146 valence electrons. The van der Waals surface area contributed by atoms with Crippen LogP contribution in [0.2, 0.25) is 0 Å². The van der Waals surface area contributed by atoms with E-state index in [2.05, 4.69) is 5.32 Å². The number of ether oxygens (including phenoxy) is 1. The molecule has 1 aliphatic heterocycles. The molecule has 0 radical (unpaired) electrons. The zero-order valence-electron chi connectivity index (χ0n) is 15.7. The van der Waals surface area contributed by atoms with Gasteiger partial charge >= 0.3 is 5.97 Å². The normalized spacial score (nSPS) is 17.8.